The van der Waals surface area contributed by atoms with Gasteiger partial charge in [0.1, 0.15) is 5.54 Å². The van der Waals surface area contributed by atoms with Crippen molar-refractivity contribution in [2.24, 2.45) is 0 Å². The molecule has 0 atom stereocenters. The van der Waals surface area contributed by atoms with E-state index < -0.39 is 34.8 Å². The minimum atomic E-state index is -4.79. The second-order valence-electron chi connectivity index (χ2n) is 8.22. The summed E-state index contributed by atoms with van der Waals surface area (Å²) in [6.45, 7) is 4.33. The predicted molar refractivity (Wildman–Crippen MR) is 115 cm³/mol. The van der Waals surface area contributed by atoms with Crippen LogP contribution in [-0.2, 0) is 22.3 Å². The van der Waals surface area contributed by atoms with Crippen LogP contribution in [0.15, 0.2) is 48.5 Å². The maximum atomic E-state index is 13.3. The average molecular weight is 459 g/mol. The topological polar surface area (TPSA) is 73.6 Å². The highest BCUT2D eigenvalue weighted by Gasteiger charge is 2.51. The highest BCUT2D eigenvalue weighted by Crippen LogP contribution is 2.37. The molecule has 6 nitrogen and oxygen atoms in total. The van der Waals surface area contributed by atoms with Crippen molar-refractivity contribution in [1.82, 2.24) is 4.90 Å². The average Bonchev–Trinajstić information content (AvgIpc) is 2.94. The summed E-state index contributed by atoms with van der Waals surface area (Å²) in [5, 5.41) is 8.97. The molecule has 0 radical (unpaired) electrons. The fourth-order valence-corrected chi connectivity index (χ4v) is 3.68. The summed E-state index contributed by atoms with van der Waals surface area (Å²) in [6.07, 6.45) is -3.58. The van der Waals surface area contributed by atoms with E-state index in [4.69, 9.17) is 10.00 Å². The molecule has 0 aliphatic carbocycles. The van der Waals surface area contributed by atoms with E-state index in [1.807, 2.05) is 30.3 Å². The molecular weight excluding hydrogens is 435 g/mol. The van der Waals surface area contributed by atoms with Gasteiger partial charge < -0.3 is 9.64 Å². The number of nitriles is 1. The van der Waals surface area contributed by atoms with Crippen molar-refractivity contribution in [1.29, 1.82) is 5.26 Å². The molecule has 1 heterocycles. The zero-order valence-corrected chi connectivity index (χ0v) is 18.4. The van der Waals surface area contributed by atoms with Gasteiger partial charge in [-0.3, -0.25) is 4.79 Å². The van der Waals surface area contributed by atoms with Crippen LogP contribution in [0.3, 0.4) is 0 Å². The SMILES string of the molecule is CC1(C)C(=O)N(c2ccc(C#N)c(C(F)(F)F)c2)C(=O)N1CCCCOCc1ccccc1. The molecule has 0 bridgehead atoms. The third-order valence-electron chi connectivity index (χ3n) is 5.54. The van der Waals surface area contributed by atoms with E-state index in [1.165, 1.54) is 17.0 Å². The lowest BCUT2D eigenvalue weighted by atomic mass is 10.0. The quantitative estimate of drug-likeness (QED) is 0.406. The fraction of sp³-hybridized carbons (Fsp3) is 0.375. The molecule has 3 amide bonds. The van der Waals surface area contributed by atoms with E-state index in [9.17, 15) is 22.8 Å². The van der Waals surface area contributed by atoms with Gasteiger partial charge in [0.15, 0.2) is 0 Å². The van der Waals surface area contributed by atoms with Gasteiger partial charge in [0, 0.05) is 13.2 Å². The van der Waals surface area contributed by atoms with Crippen molar-refractivity contribution in [2.45, 2.75) is 45.0 Å². The number of benzene rings is 2. The van der Waals surface area contributed by atoms with Crippen LogP contribution >= 0.6 is 0 Å². The first-order valence-electron chi connectivity index (χ1n) is 10.5. The molecule has 0 saturated carbocycles. The van der Waals surface area contributed by atoms with E-state index in [0.717, 1.165) is 16.5 Å². The predicted octanol–water partition coefficient (Wildman–Crippen LogP) is 5.12. The Hall–Kier alpha value is -3.38. The van der Waals surface area contributed by atoms with Gasteiger partial charge in [-0.2, -0.15) is 18.4 Å². The lowest BCUT2D eigenvalue weighted by Gasteiger charge is -2.27. The number of rotatable bonds is 8. The number of hydrogen-bond donors (Lipinski definition) is 0. The Labute approximate surface area is 190 Å². The van der Waals surface area contributed by atoms with Crippen molar-refractivity contribution in [3.63, 3.8) is 0 Å². The van der Waals surface area contributed by atoms with Gasteiger partial charge in [-0.15, -0.1) is 0 Å². The zero-order chi connectivity index (χ0) is 24.2. The Bertz CT molecular complexity index is 1060. The Kier molecular flexibility index (Phi) is 7.08. The summed E-state index contributed by atoms with van der Waals surface area (Å²) < 4.78 is 45.6. The van der Waals surface area contributed by atoms with Crippen LogP contribution in [0.2, 0.25) is 0 Å². The molecule has 2 aromatic rings. The van der Waals surface area contributed by atoms with Crippen molar-refractivity contribution in [2.75, 3.05) is 18.1 Å². The Morgan fingerprint density at radius 3 is 2.39 bits per heavy atom. The van der Waals surface area contributed by atoms with Gasteiger partial charge in [-0.05, 0) is 50.5 Å². The number of hydrogen-bond acceptors (Lipinski definition) is 4. The van der Waals surface area contributed by atoms with Gasteiger partial charge in [0.05, 0.1) is 29.5 Å². The third-order valence-corrected chi connectivity index (χ3v) is 5.54. The van der Waals surface area contributed by atoms with Gasteiger partial charge in [0.2, 0.25) is 0 Å². The Morgan fingerprint density at radius 1 is 1.06 bits per heavy atom. The van der Waals surface area contributed by atoms with E-state index in [2.05, 4.69) is 0 Å². The molecule has 1 aliphatic rings. The largest absolute Gasteiger partial charge is 0.417 e. The number of nitrogens with zero attached hydrogens (tertiary/aromatic N) is 3. The first-order valence-corrected chi connectivity index (χ1v) is 10.5. The number of carbonyl (C=O) groups is 2. The smallest absolute Gasteiger partial charge is 0.377 e. The fourth-order valence-electron chi connectivity index (χ4n) is 3.68. The van der Waals surface area contributed by atoms with E-state index in [-0.39, 0.29) is 12.2 Å². The number of anilines is 1. The molecule has 0 aromatic heterocycles. The van der Waals surface area contributed by atoms with Crippen molar-refractivity contribution in [3.05, 3.63) is 65.2 Å². The van der Waals surface area contributed by atoms with Gasteiger partial charge in [0.25, 0.3) is 5.91 Å². The number of imide groups is 1. The number of amides is 3. The zero-order valence-electron chi connectivity index (χ0n) is 18.4. The number of ether oxygens (including phenoxy) is 1. The summed E-state index contributed by atoms with van der Waals surface area (Å²) >= 11 is 0. The van der Waals surface area contributed by atoms with Gasteiger partial charge in [-0.1, -0.05) is 30.3 Å². The van der Waals surface area contributed by atoms with E-state index >= 15 is 0 Å². The van der Waals surface area contributed by atoms with Crippen LogP contribution in [0.4, 0.5) is 23.7 Å². The molecule has 0 N–H and O–H groups in total. The highest BCUT2D eigenvalue weighted by molar-refractivity contribution is 6.23. The number of halogens is 3. The van der Waals surface area contributed by atoms with Crippen molar-refractivity contribution < 1.29 is 27.5 Å². The first kappa shape index (κ1) is 24.3. The first-order chi connectivity index (χ1) is 15.6. The molecule has 174 valence electrons. The molecule has 2 aromatic carbocycles. The second-order valence-corrected chi connectivity index (χ2v) is 8.22. The molecule has 0 unspecified atom stereocenters. The van der Waals surface area contributed by atoms with Gasteiger partial charge in [-0.25, -0.2) is 9.69 Å². The summed E-state index contributed by atoms with van der Waals surface area (Å²) in [4.78, 5) is 28.1. The Morgan fingerprint density at radius 2 is 1.76 bits per heavy atom. The van der Waals surface area contributed by atoms with Crippen LogP contribution < -0.4 is 4.90 Å². The molecule has 0 spiro atoms. The summed E-state index contributed by atoms with van der Waals surface area (Å²) in [6, 6.07) is 13.3. The molecule has 1 fully saturated rings. The van der Waals surface area contributed by atoms with E-state index in [0.29, 0.717) is 32.1 Å². The molecule has 1 saturated heterocycles. The number of urea groups is 1. The van der Waals surface area contributed by atoms with Crippen LogP contribution in [0.25, 0.3) is 0 Å². The maximum Gasteiger partial charge on any atom is 0.417 e. The molecule has 1 aliphatic heterocycles. The summed E-state index contributed by atoms with van der Waals surface area (Å²) in [7, 11) is 0. The van der Waals surface area contributed by atoms with Crippen molar-refractivity contribution >= 4 is 17.6 Å². The summed E-state index contributed by atoms with van der Waals surface area (Å²) in [5.41, 5.74) is -2.13. The summed E-state index contributed by atoms with van der Waals surface area (Å²) in [5.74, 6) is -0.620. The number of carbonyl (C=O) groups excluding carboxylic acids is 2. The standard InChI is InChI=1S/C24H24F3N3O3/c1-23(2)21(31)30(19-11-10-18(15-28)20(14-19)24(25,26)27)22(32)29(23)12-6-7-13-33-16-17-8-4-3-5-9-17/h3-5,8-11,14H,6-7,12-13,16H2,1-2H3. The normalized spacial score (nSPS) is 15.8. The third kappa shape index (κ3) is 5.17. The molecular formula is C24H24F3N3O3. The minimum absolute atomic E-state index is 0.210. The molecule has 33 heavy (non-hydrogen) atoms. The monoisotopic (exact) mass is 459 g/mol. The maximum absolute atomic E-state index is 13.3. The lowest BCUT2D eigenvalue weighted by molar-refractivity contribution is -0.137. The number of unbranched alkanes of at least 4 members (excludes halogenated alkanes) is 1. The molecule has 9 heteroatoms. The van der Waals surface area contributed by atoms with Crippen LogP contribution in [0.5, 0.6) is 0 Å². The second kappa shape index (κ2) is 9.63. The molecule has 3 rings (SSSR count). The minimum Gasteiger partial charge on any atom is -0.377 e. The van der Waals surface area contributed by atoms with Crippen LogP contribution in [-0.4, -0.2) is 35.5 Å². The van der Waals surface area contributed by atoms with E-state index in [1.54, 1.807) is 13.8 Å². The van der Waals surface area contributed by atoms with Crippen LogP contribution in [0.1, 0.15) is 43.4 Å². The van der Waals surface area contributed by atoms with Crippen molar-refractivity contribution in [3.8, 4) is 6.07 Å². The number of alkyl halides is 3. The lowest BCUT2D eigenvalue weighted by Crippen LogP contribution is -2.44. The van der Waals surface area contributed by atoms with Crippen LogP contribution in [0, 0.1) is 11.3 Å². The highest BCUT2D eigenvalue weighted by atomic mass is 19.4. The Balaban J connectivity index is 1.65. The van der Waals surface area contributed by atoms with Gasteiger partial charge >= 0.3 is 12.2 Å².